The average molecular weight is 313 g/mol. The van der Waals surface area contributed by atoms with Crippen molar-refractivity contribution in [2.75, 3.05) is 5.73 Å². The minimum atomic E-state index is -0.369. The highest BCUT2D eigenvalue weighted by molar-refractivity contribution is 5.90. The van der Waals surface area contributed by atoms with Gasteiger partial charge in [-0.15, -0.1) is 0 Å². The summed E-state index contributed by atoms with van der Waals surface area (Å²) in [7, 11) is 0. The van der Waals surface area contributed by atoms with Gasteiger partial charge in [-0.2, -0.15) is 0 Å². The van der Waals surface area contributed by atoms with E-state index in [9.17, 15) is 4.79 Å². The van der Waals surface area contributed by atoms with Crippen LogP contribution in [0.1, 0.15) is 45.0 Å². The molecule has 0 saturated carbocycles. The van der Waals surface area contributed by atoms with Crippen molar-refractivity contribution in [2.45, 2.75) is 46.1 Å². The summed E-state index contributed by atoms with van der Waals surface area (Å²) in [5, 5.41) is 16.3. The Hall–Kier alpha value is -2.50. The van der Waals surface area contributed by atoms with Gasteiger partial charge in [-0.1, -0.05) is 13.0 Å². The molecule has 0 aliphatic carbocycles. The van der Waals surface area contributed by atoms with Crippen molar-refractivity contribution in [3.05, 3.63) is 34.4 Å². The van der Waals surface area contributed by atoms with Crippen LogP contribution in [-0.4, -0.2) is 21.0 Å². The second-order valence-electron chi connectivity index (χ2n) is 5.79. The number of aryl methyl sites for hydroxylation is 1. The van der Waals surface area contributed by atoms with Gasteiger partial charge in [0.25, 0.3) is 5.56 Å². The number of anilines is 1. The topological polar surface area (TPSA) is 109 Å². The van der Waals surface area contributed by atoms with Crippen LogP contribution in [0.4, 0.5) is 5.69 Å². The molecule has 0 radical (unpaired) electrons. The fourth-order valence-corrected chi connectivity index (χ4v) is 2.77. The molecule has 23 heavy (non-hydrogen) atoms. The Morgan fingerprint density at radius 3 is 2.70 bits per heavy atom. The van der Waals surface area contributed by atoms with Gasteiger partial charge in [-0.25, -0.2) is 4.98 Å². The average Bonchev–Trinajstić information content (AvgIpc) is 2.50. The van der Waals surface area contributed by atoms with Crippen LogP contribution in [0.25, 0.3) is 10.9 Å². The number of nitrogens with one attached hydrogen (secondary N) is 2. The number of nitrogens with two attached hydrogens (primary N) is 1. The molecule has 2 aromatic rings. The van der Waals surface area contributed by atoms with Crippen LogP contribution in [0, 0.1) is 17.7 Å². The number of nitrogens with zero attached hydrogens (tertiary/aromatic N) is 2. The third-order valence-corrected chi connectivity index (χ3v) is 4.03. The van der Waals surface area contributed by atoms with E-state index in [1.807, 2.05) is 6.92 Å². The number of para-hydroxylation sites is 1. The van der Waals surface area contributed by atoms with Crippen LogP contribution in [0.2, 0.25) is 0 Å². The molecule has 0 amide bonds. The third-order valence-electron chi connectivity index (χ3n) is 4.03. The highest BCUT2D eigenvalue weighted by Gasteiger charge is 2.21. The fourth-order valence-electron chi connectivity index (χ4n) is 2.77. The Morgan fingerprint density at radius 1 is 1.39 bits per heavy atom. The van der Waals surface area contributed by atoms with Crippen molar-refractivity contribution in [1.29, 1.82) is 10.8 Å². The maximum Gasteiger partial charge on any atom is 0.262 e. The lowest BCUT2D eigenvalue weighted by Gasteiger charge is -2.22. The number of benzene rings is 1. The van der Waals surface area contributed by atoms with Crippen LogP contribution < -0.4 is 11.3 Å². The van der Waals surface area contributed by atoms with Crippen LogP contribution >= 0.6 is 0 Å². The molecule has 1 aromatic carbocycles. The number of hydrogen-bond donors (Lipinski definition) is 3. The quantitative estimate of drug-likeness (QED) is 0.563. The minimum absolute atomic E-state index is 0.175. The molecule has 0 spiro atoms. The molecule has 0 bridgehead atoms. The molecule has 122 valence electrons. The predicted octanol–water partition coefficient (Wildman–Crippen LogP) is 3.08. The van der Waals surface area contributed by atoms with E-state index in [-0.39, 0.29) is 11.6 Å². The predicted molar refractivity (Wildman–Crippen MR) is 94.8 cm³/mol. The van der Waals surface area contributed by atoms with Gasteiger partial charge in [0.2, 0.25) is 0 Å². The van der Waals surface area contributed by atoms with Gasteiger partial charge in [-0.05, 0) is 45.2 Å². The van der Waals surface area contributed by atoms with Crippen LogP contribution in [0.5, 0.6) is 0 Å². The molecule has 6 nitrogen and oxygen atoms in total. The Balaban J connectivity index is 2.65. The molecule has 1 heterocycles. The number of fused-ring (bicyclic) bond motifs is 1. The first-order valence-corrected chi connectivity index (χ1v) is 7.75. The zero-order valence-corrected chi connectivity index (χ0v) is 13.8. The molecule has 2 rings (SSSR count). The zero-order valence-electron chi connectivity index (χ0n) is 13.8. The molecule has 6 heteroatoms. The highest BCUT2D eigenvalue weighted by atomic mass is 16.1. The summed E-state index contributed by atoms with van der Waals surface area (Å²) < 4.78 is 1.58. The van der Waals surface area contributed by atoms with Crippen molar-refractivity contribution in [1.82, 2.24) is 9.55 Å². The molecule has 1 unspecified atom stereocenters. The summed E-state index contributed by atoms with van der Waals surface area (Å²) in [5.74, 6) is 0.547. The third kappa shape index (κ3) is 3.31. The van der Waals surface area contributed by atoms with Gasteiger partial charge < -0.3 is 16.6 Å². The smallest absolute Gasteiger partial charge is 0.262 e. The monoisotopic (exact) mass is 313 g/mol. The first kappa shape index (κ1) is 16.9. The first-order chi connectivity index (χ1) is 10.9. The van der Waals surface area contributed by atoms with Gasteiger partial charge in [0.05, 0.1) is 17.1 Å². The molecule has 4 N–H and O–H groups in total. The van der Waals surface area contributed by atoms with Gasteiger partial charge in [0.1, 0.15) is 11.3 Å². The van der Waals surface area contributed by atoms with Crippen LogP contribution in [0.3, 0.4) is 0 Å². The Bertz CT molecular complexity index is 822. The molecular weight excluding hydrogens is 290 g/mol. The second-order valence-corrected chi connectivity index (χ2v) is 5.79. The van der Waals surface area contributed by atoms with E-state index >= 15 is 0 Å². The molecule has 0 aliphatic rings. The number of nitrogen functional groups attached to an aromatic ring is 1. The Kier molecular flexibility index (Phi) is 4.93. The van der Waals surface area contributed by atoms with Gasteiger partial charge in [-0.3, -0.25) is 9.36 Å². The van der Waals surface area contributed by atoms with E-state index in [4.69, 9.17) is 16.6 Å². The van der Waals surface area contributed by atoms with Crippen molar-refractivity contribution >= 4 is 28.0 Å². The molecule has 1 atom stereocenters. The normalized spacial score (nSPS) is 12.3. The Morgan fingerprint density at radius 2 is 2.09 bits per heavy atom. The lowest BCUT2D eigenvalue weighted by molar-refractivity contribution is 0.550. The molecule has 1 aromatic heterocycles. The van der Waals surface area contributed by atoms with E-state index < -0.39 is 0 Å². The van der Waals surface area contributed by atoms with Crippen molar-refractivity contribution < 1.29 is 0 Å². The zero-order chi connectivity index (χ0) is 17.1. The van der Waals surface area contributed by atoms with E-state index in [0.717, 1.165) is 0 Å². The highest BCUT2D eigenvalue weighted by Crippen LogP contribution is 2.21. The standard InChI is InChI=1S/C17H23N5O/c1-4-13(19)15(9-8-10(2)18)22-11(3)21-16-12(17(22)23)6-5-7-14(16)20/h5-7,15,18-19H,4,8-9,20H2,1-3H3. The van der Waals surface area contributed by atoms with Crippen LogP contribution in [0.15, 0.2) is 23.0 Å². The molecule has 0 fully saturated rings. The second kappa shape index (κ2) is 6.73. The molecular formula is C17H23N5O. The maximum absolute atomic E-state index is 12.9. The summed E-state index contributed by atoms with van der Waals surface area (Å²) >= 11 is 0. The summed E-state index contributed by atoms with van der Waals surface area (Å²) in [6.45, 7) is 5.40. The summed E-state index contributed by atoms with van der Waals surface area (Å²) in [4.78, 5) is 17.4. The van der Waals surface area contributed by atoms with E-state index in [2.05, 4.69) is 4.98 Å². The summed E-state index contributed by atoms with van der Waals surface area (Å²) in [6.07, 6.45) is 1.66. The minimum Gasteiger partial charge on any atom is -0.397 e. The van der Waals surface area contributed by atoms with Crippen molar-refractivity contribution in [2.24, 2.45) is 0 Å². The largest absolute Gasteiger partial charge is 0.397 e. The van der Waals surface area contributed by atoms with Gasteiger partial charge >= 0.3 is 0 Å². The lowest BCUT2D eigenvalue weighted by atomic mass is 10.0. The molecule has 0 aliphatic heterocycles. The van der Waals surface area contributed by atoms with Crippen molar-refractivity contribution in [3.63, 3.8) is 0 Å². The Labute approximate surface area is 135 Å². The van der Waals surface area contributed by atoms with Gasteiger partial charge in [0.15, 0.2) is 0 Å². The van der Waals surface area contributed by atoms with E-state index in [0.29, 0.717) is 53.1 Å². The van der Waals surface area contributed by atoms with Gasteiger partial charge in [0, 0.05) is 11.4 Å². The SMILES string of the molecule is CCC(=N)C(CCC(C)=N)n1c(C)nc2c(N)cccc2c1=O. The summed E-state index contributed by atoms with van der Waals surface area (Å²) in [5.41, 5.74) is 7.76. The lowest BCUT2D eigenvalue weighted by Crippen LogP contribution is -2.32. The first-order valence-electron chi connectivity index (χ1n) is 7.75. The molecule has 0 saturated heterocycles. The van der Waals surface area contributed by atoms with E-state index in [1.165, 1.54) is 0 Å². The van der Waals surface area contributed by atoms with Crippen LogP contribution in [-0.2, 0) is 0 Å². The number of rotatable bonds is 6. The number of hydrogen-bond acceptors (Lipinski definition) is 5. The maximum atomic E-state index is 12.9. The number of aromatic nitrogens is 2. The fraction of sp³-hybridized carbons (Fsp3) is 0.412. The summed E-state index contributed by atoms with van der Waals surface area (Å²) in [6, 6.07) is 4.81. The van der Waals surface area contributed by atoms with E-state index in [1.54, 1.807) is 36.6 Å². The van der Waals surface area contributed by atoms with Crippen molar-refractivity contribution in [3.8, 4) is 0 Å².